The number of primary amides is 1. The van der Waals surface area contributed by atoms with Gasteiger partial charge in [-0.05, 0) is 29.8 Å². The van der Waals surface area contributed by atoms with Gasteiger partial charge < -0.3 is 11.5 Å². The normalized spacial score (nSPS) is 11.6. The number of carbonyl (C=O) groups is 1. The molecule has 0 saturated heterocycles. The minimum Gasteiger partial charge on any atom is -0.384 e. The minimum absolute atomic E-state index is 0.151. The molecule has 9 heteroatoms. The first kappa shape index (κ1) is 18.4. The second kappa shape index (κ2) is 6.75. The van der Waals surface area contributed by atoms with Gasteiger partial charge in [-0.3, -0.25) is 4.90 Å². The van der Waals surface area contributed by atoms with E-state index in [1.165, 1.54) is 6.20 Å². The molecule has 0 fully saturated rings. The number of hydrogen-bond donors (Lipinski definition) is 2. The smallest absolute Gasteiger partial charge is 0.384 e. The van der Waals surface area contributed by atoms with Gasteiger partial charge in [-0.1, -0.05) is 18.2 Å². The van der Waals surface area contributed by atoms with E-state index in [4.69, 9.17) is 11.5 Å². The quantitative estimate of drug-likeness (QED) is 0.674. The molecule has 0 aliphatic heterocycles. The Balaban J connectivity index is 2.02. The number of halogens is 4. The van der Waals surface area contributed by atoms with Crippen LogP contribution < -0.4 is 16.4 Å². The Bertz CT molecular complexity index is 1020. The summed E-state index contributed by atoms with van der Waals surface area (Å²) in [5.41, 5.74) is 10.3. The Labute approximate surface area is 151 Å². The summed E-state index contributed by atoms with van der Waals surface area (Å²) in [6, 6.07) is 8.19. The summed E-state index contributed by atoms with van der Waals surface area (Å²) in [5.74, 6) is -1.20. The van der Waals surface area contributed by atoms with Crippen LogP contribution in [0.5, 0.6) is 0 Å². The van der Waals surface area contributed by atoms with Crippen LogP contribution in [0.4, 0.5) is 33.9 Å². The molecule has 1 aromatic heterocycles. The van der Waals surface area contributed by atoms with Gasteiger partial charge in [0.15, 0.2) is 0 Å². The van der Waals surface area contributed by atoms with Crippen LogP contribution in [-0.4, -0.2) is 11.0 Å². The highest BCUT2D eigenvalue weighted by Gasteiger charge is 2.34. The molecule has 5 nitrogen and oxygen atoms in total. The Morgan fingerprint density at radius 1 is 1.15 bits per heavy atom. The van der Waals surface area contributed by atoms with Gasteiger partial charge in [-0.2, -0.15) is 13.2 Å². The van der Waals surface area contributed by atoms with Crippen LogP contribution in [0.2, 0.25) is 0 Å². The molecule has 0 aliphatic rings. The maximum Gasteiger partial charge on any atom is 0.419 e. The summed E-state index contributed by atoms with van der Waals surface area (Å²) in [4.78, 5) is 17.1. The Morgan fingerprint density at radius 2 is 1.89 bits per heavy atom. The fraction of sp³-hybridized carbons (Fsp3) is 0.111. The molecule has 0 spiro atoms. The number of hydrogen-bond acceptors (Lipinski definition) is 3. The molecule has 2 amide bonds. The van der Waals surface area contributed by atoms with E-state index in [-0.39, 0.29) is 17.9 Å². The Morgan fingerprint density at radius 3 is 2.52 bits per heavy atom. The number of alkyl halides is 3. The molecule has 3 aromatic rings. The number of aromatic nitrogens is 1. The van der Waals surface area contributed by atoms with Crippen molar-refractivity contribution in [2.45, 2.75) is 12.7 Å². The van der Waals surface area contributed by atoms with Crippen LogP contribution >= 0.6 is 0 Å². The van der Waals surface area contributed by atoms with Crippen molar-refractivity contribution in [3.8, 4) is 0 Å². The third-order valence-electron chi connectivity index (χ3n) is 4.00. The average molecular weight is 378 g/mol. The van der Waals surface area contributed by atoms with Crippen molar-refractivity contribution in [1.82, 2.24) is 4.98 Å². The molecule has 0 bridgehead atoms. The number of anilines is 2. The lowest BCUT2D eigenvalue weighted by atomic mass is 10.1. The summed E-state index contributed by atoms with van der Waals surface area (Å²) in [7, 11) is 0. The zero-order valence-electron chi connectivity index (χ0n) is 13.8. The largest absolute Gasteiger partial charge is 0.419 e. The zero-order chi connectivity index (χ0) is 19.8. The molecule has 2 aromatic carbocycles. The molecule has 4 N–H and O–H groups in total. The molecule has 1 heterocycles. The molecule has 27 heavy (non-hydrogen) atoms. The molecule has 3 rings (SSSR count). The van der Waals surface area contributed by atoms with Gasteiger partial charge in [0.25, 0.3) is 0 Å². The third-order valence-corrected chi connectivity index (χ3v) is 4.00. The predicted molar refractivity (Wildman–Crippen MR) is 93.3 cm³/mol. The van der Waals surface area contributed by atoms with Crippen molar-refractivity contribution in [3.63, 3.8) is 0 Å². The maximum atomic E-state index is 13.8. The zero-order valence-corrected chi connectivity index (χ0v) is 13.8. The van der Waals surface area contributed by atoms with Crippen molar-refractivity contribution in [3.05, 3.63) is 65.6 Å². The number of nitrogens with two attached hydrogens (primary N) is 2. The minimum atomic E-state index is -4.80. The van der Waals surface area contributed by atoms with Crippen LogP contribution in [0.25, 0.3) is 10.8 Å². The van der Waals surface area contributed by atoms with Gasteiger partial charge in [-0.15, -0.1) is 0 Å². The molecule has 0 aliphatic carbocycles. The van der Waals surface area contributed by atoms with Crippen LogP contribution in [-0.2, 0) is 12.7 Å². The van der Waals surface area contributed by atoms with Gasteiger partial charge in [0.1, 0.15) is 11.6 Å². The fourth-order valence-electron chi connectivity index (χ4n) is 2.76. The van der Waals surface area contributed by atoms with Gasteiger partial charge in [0.2, 0.25) is 0 Å². The highest BCUT2D eigenvalue weighted by atomic mass is 19.4. The molecular formula is C18H14F4N4O. The standard InChI is InChI=1S/C18H14F4N4O/c19-14-6-10(4-5-13(14)18(20,21)22)9-26(17(24)27)15-3-1-2-11-8-25-16(23)7-12(11)15/h1-8H,9H2,(H2,23,25)(H2,24,27). The summed E-state index contributed by atoms with van der Waals surface area (Å²) >= 11 is 0. The molecule has 0 atom stereocenters. The van der Waals surface area contributed by atoms with Crippen molar-refractivity contribution < 1.29 is 22.4 Å². The molecule has 0 saturated carbocycles. The lowest BCUT2D eigenvalue weighted by Gasteiger charge is -2.23. The topological polar surface area (TPSA) is 85.2 Å². The van der Waals surface area contributed by atoms with Crippen LogP contribution in [0, 0.1) is 5.82 Å². The number of rotatable bonds is 3. The van der Waals surface area contributed by atoms with E-state index in [9.17, 15) is 22.4 Å². The van der Waals surface area contributed by atoms with Crippen molar-refractivity contribution in [1.29, 1.82) is 0 Å². The van der Waals surface area contributed by atoms with E-state index >= 15 is 0 Å². The van der Waals surface area contributed by atoms with E-state index in [0.29, 0.717) is 22.5 Å². The summed E-state index contributed by atoms with van der Waals surface area (Å²) in [6.45, 7) is -0.217. The third kappa shape index (κ3) is 3.76. The first-order chi connectivity index (χ1) is 12.7. The monoisotopic (exact) mass is 378 g/mol. The van der Waals surface area contributed by atoms with E-state index in [1.54, 1.807) is 24.3 Å². The SMILES string of the molecule is NC(=O)N(Cc1ccc(C(F)(F)F)c(F)c1)c1cccc2cnc(N)cc12. The van der Waals surface area contributed by atoms with Gasteiger partial charge in [0, 0.05) is 17.0 Å². The second-order valence-electron chi connectivity index (χ2n) is 5.84. The van der Waals surface area contributed by atoms with E-state index < -0.39 is 23.6 Å². The number of amides is 2. The van der Waals surface area contributed by atoms with Crippen molar-refractivity contribution >= 4 is 28.3 Å². The van der Waals surface area contributed by atoms with Crippen LogP contribution in [0.3, 0.4) is 0 Å². The van der Waals surface area contributed by atoms with Crippen molar-refractivity contribution in [2.75, 3.05) is 10.6 Å². The van der Waals surface area contributed by atoms with E-state index in [0.717, 1.165) is 17.0 Å². The summed E-state index contributed by atoms with van der Waals surface area (Å²) < 4.78 is 51.9. The molecule has 0 unspecified atom stereocenters. The summed E-state index contributed by atoms with van der Waals surface area (Å²) in [6.07, 6.45) is -3.28. The predicted octanol–water partition coefficient (Wildman–Crippen LogP) is 4.06. The van der Waals surface area contributed by atoms with Gasteiger partial charge in [-0.25, -0.2) is 14.2 Å². The number of urea groups is 1. The molecular weight excluding hydrogens is 364 g/mol. The Kier molecular flexibility index (Phi) is 4.61. The lowest BCUT2D eigenvalue weighted by molar-refractivity contribution is -0.140. The van der Waals surface area contributed by atoms with Crippen LogP contribution in [0.15, 0.2) is 48.7 Å². The highest BCUT2D eigenvalue weighted by molar-refractivity contribution is 6.03. The number of nitrogen functional groups attached to an aromatic ring is 1. The van der Waals surface area contributed by atoms with E-state index in [2.05, 4.69) is 4.98 Å². The average Bonchev–Trinajstić information content (AvgIpc) is 2.58. The van der Waals surface area contributed by atoms with Gasteiger partial charge >= 0.3 is 12.2 Å². The second-order valence-corrected chi connectivity index (χ2v) is 5.84. The summed E-state index contributed by atoms with van der Waals surface area (Å²) in [5, 5.41) is 1.27. The van der Waals surface area contributed by atoms with Crippen LogP contribution in [0.1, 0.15) is 11.1 Å². The number of nitrogens with zero attached hydrogens (tertiary/aromatic N) is 2. The number of carbonyl (C=O) groups excluding carboxylic acids is 1. The van der Waals surface area contributed by atoms with Crippen molar-refractivity contribution in [2.24, 2.45) is 5.73 Å². The first-order valence-corrected chi connectivity index (χ1v) is 7.73. The highest BCUT2D eigenvalue weighted by Crippen LogP contribution is 2.33. The lowest BCUT2D eigenvalue weighted by Crippen LogP contribution is -2.35. The first-order valence-electron chi connectivity index (χ1n) is 7.73. The Hall–Kier alpha value is -3.36. The number of benzene rings is 2. The fourth-order valence-corrected chi connectivity index (χ4v) is 2.76. The number of fused-ring (bicyclic) bond motifs is 1. The van der Waals surface area contributed by atoms with Gasteiger partial charge in [0.05, 0.1) is 17.8 Å². The molecule has 140 valence electrons. The maximum absolute atomic E-state index is 13.8. The molecule has 0 radical (unpaired) electrons. The van der Waals surface area contributed by atoms with E-state index in [1.807, 2.05) is 0 Å². The number of pyridine rings is 1.